The Bertz CT molecular complexity index is 263. The Morgan fingerprint density at radius 2 is 2.15 bits per heavy atom. The Balaban J connectivity index is 2.81. The van der Waals surface area contributed by atoms with Crippen molar-refractivity contribution in [1.29, 1.82) is 0 Å². The Labute approximate surface area is 79.9 Å². The summed E-state index contributed by atoms with van der Waals surface area (Å²) in [5, 5.41) is 10.4. The van der Waals surface area contributed by atoms with Gasteiger partial charge in [0.15, 0.2) is 0 Å². The van der Waals surface area contributed by atoms with Gasteiger partial charge in [0.05, 0.1) is 5.69 Å². The van der Waals surface area contributed by atoms with Gasteiger partial charge in [0.25, 0.3) is 0 Å². The van der Waals surface area contributed by atoms with Crippen molar-refractivity contribution in [3.05, 3.63) is 17.0 Å². The fraction of sp³-hybridized carbons (Fsp3) is 0.700. The summed E-state index contributed by atoms with van der Waals surface area (Å²) in [6.45, 7) is 7.40. The van der Waals surface area contributed by atoms with E-state index in [-0.39, 0.29) is 0 Å². The molecule has 1 aromatic rings. The van der Waals surface area contributed by atoms with Crippen molar-refractivity contribution in [3.8, 4) is 0 Å². The van der Waals surface area contributed by atoms with E-state index in [1.165, 1.54) is 11.3 Å². The van der Waals surface area contributed by atoms with Gasteiger partial charge in [-0.1, -0.05) is 13.8 Å². The molecule has 0 saturated carbocycles. The van der Waals surface area contributed by atoms with Crippen molar-refractivity contribution in [1.82, 2.24) is 15.5 Å². The number of aryl methyl sites for hydroxylation is 1. The lowest BCUT2D eigenvalue weighted by atomic mass is 10.0. The second kappa shape index (κ2) is 4.42. The molecule has 0 saturated heterocycles. The molecule has 0 atom stereocenters. The minimum atomic E-state index is 0.687. The second-order valence-electron chi connectivity index (χ2n) is 3.90. The van der Waals surface area contributed by atoms with E-state index in [1.54, 1.807) is 0 Å². The highest BCUT2D eigenvalue weighted by Crippen LogP contribution is 2.15. The number of hydrogen-bond acceptors (Lipinski definition) is 2. The molecule has 0 aromatic carbocycles. The summed E-state index contributed by atoms with van der Waals surface area (Å²) < 4.78 is 0. The summed E-state index contributed by atoms with van der Waals surface area (Å²) in [6, 6.07) is 0. The van der Waals surface area contributed by atoms with Crippen LogP contribution in [-0.2, 0) is 13.0 Å². The molecule has 13 heavy (non-hydrogen) atoms. The van der Waals surface area contributed by atoms with E-state index in [1.807, 2.05) is 7.05 Å². The molecule has 3 heteroatoms. The van der Waals surface area contributed by atoms with Crippen LogP contribution in [0, 0.1) is 12.8 Å². The van der Waals surface area contributed by atoms with Gasteiger partial charge in [-0.25, -0.2) is 0 Å². The highest BCUT2D eigenvalue weighted by atomic mass is 15.1. The molecule has 0 amide bonds. The standard InChI is InChI=1S/C10H19N3/c1-7(2)5-9-8(3)12-13-10(9)6-11-4/h7,11H,5-6H2,1-4H3,(H,12,13). The molecule has 1 aromatic heterocycles. The number of rotatable bonds is 4. The van der Waals surface area contributed by atoms with Crippen LogP contribution in [0.1, 0.15) is 30.8 Å². The molecule has 0 aliphatic carbocycles. The molecular formula is C10H19N3. The highest BCUT2D eigenvalue weighted by molar-refractivity contribution is 5.24. The van der Waals surface area contributed by atoms with Crippen LogP contribution in [0.3, 0.4) is 0 Å². The zero-order valence-corrected chi connectivity index (χ0v) is 8.94. The first-order valence-electron chi connectivity index (χ1n) is 4.82. The smallest absolute Gasteiger partial charge is 0.0794 e. The summed E-state index contributed by atoms with van der Waals surface area (Å²) in [6.07, 6.45) is 1.11. The minimum Gasteiger partial charge on any atom is -0.314 e. The van der Waals surface area contributed by atoms with Crippen LogP contribution in [0.25, 0.3) is 0 Å². The SMILES string of the molecule is CNCc1n[nH]c(C)c1CC(C)C. The number of nitrogens with zero attached hydrogens (tertiary/aromatic N) is 1. The Morgan fingerprint density at radius 1 is 1.46 bits per heavy atom. The zero-order valence-electron chi connectivity index (χ0n) is 8.94. The maximum atomic E-state index is 4.27. The molecule has 0 aliphatic rings. The molecule has 2 N–H and O–H groups in total. The molecule has 0 radical (unpaired) electrons. The van der Waals surface area contributed by atoms with E-state index in [0.717, 1.165) is 18.7 Å². The zero-order chi connectivity index (χ0) is 9.84. The summed E-state index contributed by atoms with van der Waals surface area (Å²) in [5.74, 6) is 0.687. The number of hydrogen-bond donors (Lipinski definition) is 2. The van der Waals surface area contributed by atoms with Crippen LogP contribution in [0.15, 0.2) is 0 Å². The van der Waals surface area contributed by atoms with Gasteiger partial charge in [-0.3, -0.25) is 5.10 Å². The molecule has 0 unspecified atom stereocenters. The molecule has 74 valence electrons. The lowest BCUT2D eigenvalue weighted by Crippen LogP contribution is -2.09. The predicted octanol–water partition coefficient (Wildman–Crippen LogP) is 1.64. The van der Waals surface area contributed by atoms with Crippen LogP contribution in [0.2, 0.25) is 0 Å². The van der Waals surface area contributed by atoms with Gasteiger partial charge in [0, 0.05) is 12.2 Å². The maximum absolute atomic E-state index is 4.27. The first-order chi connectivity index (χ1) is 6.15. The average Bonchev–Trinajstić information content (AvgIpc) is 2.36. The lowest BCUT2D eigenvalue weighted by Gasteiger charge is -2.06. The third kappa shape index (κ3) is 2.56. The van der Waals surface area contributed by atoms with Crippen LogP contribution in [-0.4, -0.2) is 17.2 Å². The minimum absolute atomic E-state index is 0.687. The monoisotopic (exact) mass is 181 g/mol. The highest BCUT2D eigenvalue weighted by Gasteiger charge is 2.10. The molecule has 0 spiro atoms. The molecule has 1 heterocycles. The predicted molar refractivity (Wildman–Crippen MR) is 54.6 cm³/mol. The summed E-state index contributed by atoms with van der Waals surface area (Å²) >= 11 is 0. The number of nitrogens with one attached hydrogen (secondary N) is 2. The number of aromatic nitrogens is 2. The molecule has 0 bridgehead atoms. The quantitative estimate of drug-likeness (QED) is 0.741. The van der Waals surface area contributed by atoms with Crippen molar-refractivity contribution < 1.29 is 0 Å². The van der Waals surface area contributed by atoms with Crippen molar-refractivity contribution in [2.45, 2.75) is 33.7 Å². The van der Waals surface area contributed by atoms with E-state index >= 15 is 0 Å². The molecule has 3 nitrogen and oxygen atoms in total. The van der Waals surface area contributed by atoms with E-state index in [2.05, 4.69) is 36.3 Å². The normalized spacial score (nSPS) is 11.2. The van der Waals surface area contributed by atoms with E-state index in [0.29, 0.717) is 5.92 Å². The topological polar surface area (TPSA) is 40.7 Å². The third-order valence-corrected chi connectivity index (χ3v) is 2.12. The summed E-state index contributed by atoms with van der Waals surface area (Å²) in [5.41, 5.74) is 3.75. The van der Waals surface area contributed by atoms with Gasteiger partial charge in [0.2, 0.25) is 0 Å². The van der Waals surface area contributed by atoms with Crippen LogP contribution in [0.5, 0.6) is 0 Å². The Morgan fingerprint density at radius 3 is 2.69 bits per heavy atom. The number of aromatic amines is 1. The first kappa shape index (κ1) is 10.3. The largest absolute Gasteiger partial charge is 0.314 e. The van der Waals surface area contributed by atoms with Gasteiger partial charge < -0.3 is 5.32 Å². The van der Waals surface area contributed by atoms with E-state index < -0.39 is 0 Å². The fourth-order valence-electron chi connectivity index (χ4n) is 1.50. The molecule has 0 aliphatic heterocycles. The van der Waals surface area contributed by atoms with Crippen LogP contribution >= 0.6 is 0 Å². The van der Waals surface area contributed by atoms with Gasteiger partial charge >= 0.3 is 0 Å². The van der Waals surface area contributed by atoms with Crippen molar-refractivity contribution in [3.63, 3.8) is 0 Å². The van der Waals surface area contributed by atoms with Crippen molar-refractivity contribution in [2.24, 2.45) is 5.92 Å². The van der Waals surface area contributed by atoms with Crippen LogP contribution < -0.4 is 5.32 Å². The molecule has 0 fully saturated rings. The molecular weight excluding hydrogens is 162 g/mol. The first-order valence-corrected chi connectivity index (χ1v) is 4.82. The summed E-state index contributed by atoms with van der Waals surface area (Å²) in [4.78, 5) is 0. The number of H-pyrrole nitrogens is 1. The van der Waals surface area contributed by atoms with E-state index in [4.69, 9.17) is 0 Å². The Hall–Kier alpha value is -0.830. The van der Waals surface area contributed by atoms with Crippen molar-refractivity contribution in [2.75, 3.05) is 7.05 Å². The van der Waals surface area contributed by atoms with Crippen molar-refractivity contribution >= 4 is 0 Å². The lowest BCUT2D eigenvalue weighted by molar-refractivity contribution is 0.636. The van der Waals surface area contributed by atoms with Crippen LogP contribution in [0.4, 0.5) is 0 Å². The second-order valence-corrected chi connectivity index (χ2v) is 3.90. The fourth-order valence-corrected chi connectivity index (χ4v) is 1.50. The maximum Gasteiger partial charge on any atom is 0.0794 e. The van der Waals surface area contributed by atoms with Gasteiger partial charge in [-0.2, -0.15) is 5.10 Å². The Kier molecular flexibility index (Phi) is 3.48. The van der Waals surface area contributed by atoms with E-state index in [9.17, 15) is 0 Å². The van der Waals surface area contributed by atoms with Gasteiger partial charge in [-0.15, -0.1) is 0 Å². The average molecular weight is 181 g/mol. The van der Waals surface area contributed by atoms with Gasteiger partial charge in [0.1, 0.15) is 0 Å². The van der Waals surface area contributed by atoms with Gasteiger partial charge in [-0.05, 0) is 31.9 Å². The summed E-state index contributed by atoms with van der Waals surface area (Å²) in [7, 11) is 1.95. The molecule has 1 rings (SSSR count). The third-order valence-electron chi connectivity index (χ3n) is 2.12.